The Balaban J connectivity index is 1.33. The van der Waals surface area contributed by atoms with Gasteiger partial charge in [0.1, 0.15) is 5.75 Å². The minimum atomic E-state index is -0.0180. The summed E-state index contributed by atoms with van der Waals surface area (Å²) in [4.78, 5) is 15.0. The molecular formula is C23H30N4O2. The van der Waals surface area contributed by atoms with Gasteiger partial charge in [0.2, 0.25) is 0 Å². The Morgan fingerprint density at radius 1 is 1.07 bits per heavy atom. The van der Waals surface area contributed by atoms with Crippen molar-refractivity contribution in [3.8, 4) is 5.75 Å². The van der Waals surface area contributed by atoms with E-state index in [1.807, 2.05) is 24.3 Å². The third-order valence-corrected chi connectivity index (χ3v) is 5.94. The van der Waals surface area contributed by atoms with Gasteiger partial charge in [-0.3, -0.25) is 10.2 Å². The van der Waals surface area contributed by atoms with E-state index in [1.54, 1.807) is 7.11 Å². The first-order chi connectivity index (χ1) is 14.2. The lowest BCUT2D eigenvalue weighted by molar-refractivity contribution is 0.0947. The number of hydrogen-bond acceptors (Lipinski definition) is 5. The molecule has 2 heterocycles. The Labute approximate surface area is 172 Å². The van der Waals surface area contributed by atoms with Gasteiger partial charge in [0.15, 0.2) is 0 Å². The molecule has 2 atom stereocenters. The van der Waals surface area contributed by atoms with Crippen molar-refractivity contribution in [1.82, 2.24) is 16.2 Å². The molecule has 2 fully saturated rings. The molecule has 0 spiro atoms. The third-order valence-electron chi connectivity index (χ3n) is 5.94. The molecule has 2 saturated heterocycles. The summed E-state index contributed by atoms with van der Waals surface area (Å²) in [6.07, 6.45) is 3.82. The molecule has 4 rings (SSSR count). The van der Waals surface area contributed by atoms with Crippen LogP contribution < -0.4 is 25.8 Å². The normalized spacial score (nSPS) is 21.8. The van der Waals surface area contributed by atoms with Gasteiger partial charge >= 0.3 is 0 Å². The Morgan fingerprint density at radius 3 is 2.48 bits per heavy atom. The molecule has 1 amide bonds. The zero-order chi connectivity index (χ0) is 20.1. The van der Waals surface area contributed by atoms with E-state index in [0.29, 0.717) is 12.1 Å². The maximum absolute atomic E-state index is 12.6. The first-order valence-corrected chi connectivity index (χ1v) is 10.5. The highest BCUT2D eigenvalue weighted by molar-refractivity contribution is 5.94. The van der Waals surface area contributed by atoms with Crippen LogP contribution in [0.2, 0.25) is 0 Å². The van der Waals surface area contributed by atoms with Crippen molar-refractivity contribution in [2.24, 2.45) is 5.92 Å². The van der Waals surface area contributed by atoms with Crippen molar-refractivity contribution in [3.05, 3.63) is 59.7 Å². The summed E-state index contributed by atoms with van der Waals surface area (Å²) in [5.74, 6) is 1.10. The van der Waals surface area contributed by atoms with E-state index >= 15 is 0 Å². The van der Waals surface area contributed by atoms with Crippen LogP contribution in [0.25, 0.3) is 0 Å². The minimum absolute atomic E-state index is 0.0180. The number of hydrogen-bond donors (Lipinski definition) is 3. The number of hydrazine groups is 1. The molecule has 0 saturated carbocycles. The predicted molar refractivity (Wildman–Crippen MR) is 115 cm³/mol. The van der Waals surface area contributed by atoms with Crippen LogP contribution in [0.3, 0.4) is 0 Å². The van der Waals surface area contributed by atoms with Gasteiger partial charge in [0.25, 0.3) is 5.91 Å². The predicted octanol–water partition coefficient (Wildman–Crippen LogP) is 2.88. The molecule has 2 aliphatic rings. The largest absolute Gasteiger partial charge is 0.497 e. The summed E-state index contributed by atoms with van der Waals surface area (Å²) in [5, 5.41) is 3.10. The van der Waals surface area contributed by atoms with Gasteiger partial charge in [-0.1, -0.05) is 12.1 Å². The van der Waals surface area contributed by atoms with Gasteiger partial charge in [-0.15, -0.1) is 0 Å². The molecule has 0 bridgehead atoms. The second kappa shape index (κ2) is 9.29. The van der Waals surface area contributed by atoms with E-state index in [0.717, 1.165) is 25.4 Å². The number of nitrogens with one attached hydrogen (secondary N) is 3. The van der Waals surface area contributed by atoms with Crippen LogP contribution in [0.5, 0.6) is 5.75 Å². The molecule has 2 aromatic carbocycles. The average Bonchev–Trinajstić information content (AvgIpc) is 3.27. The van der Waals surface area contributed by atoms with Crippen LogP contribution in [0.15, 0.2) is 48.5 Å². The average molecular weight is 395 g/mol. The molecular weight excluding hydrogens is 364 g/mol. The van der Waals surface area contributed by atoms with Gasteiger partial charge in [0.05, 0.1) is 13.2 Å². The number of nitrogens with zero attached hydrogens (tertiary/aromatic N) is 1. The Morgan fingerprint density at radius 2 is 1.79 bits per heavy atom. The highest BCUT2D eigenvalue weighted by Crippen LogP contribution is 2.26. The number of rotatable bonds is 6. The highest BCUT2D eigenvalue weighted by Gasteiger charge is 2.28. The van der Waals surface area contributed by atoms with E-state index in [9.17, 15) is 4.79 Å². The number of piperidine rings is 1. The van der Waals surface area contributed by atoms with Gasteiger partial charge in [0, 0.05) is 43.3 Å². The van der Waals surface area contributed by atoms with Crippen LogP contribution >= 0.6 is 0 Å². The third kappa shape index (κ3) is 4.71. The lowest BCUT2D eigenvalue weighted by Crippen LogP contribution is -2.33. The summed E-state index contributed by atoms with van der Waals surface area (Å²) >= 11 is 0. The Kier molecular flexibility index (Phi) is 6.32. The molecule has 0 radical (unpaired) electrons. The highest BCUT2D eigenvalue weighted by atomic mass is 16.5. The summed E-state index contributed by atoms with van der Waals surface area (Å²) in [6.45, 7) is 3.65. The van der Waals surface area contributed by atoms with Crippen LogP contribution in [0.4, 0.5) is 5.69 Å². The van der Waals surface area contributed by atoms with Crippen LogP contribution in [-0.2, 0) is 0 Å². The number of carbonyl (C=O) groups excluding carboxylic acids is 1. The molecule has 2 aromatic rings. The first-order valence-electron chi connectivity index (χ1n) is 10.5. The van der Waals surface area contributed by atoms with Crippen molar-refractivity contribution in [2.45, 2.75) is 25.3 Å². The van der Waals surface area contributed by atoms with E-state index in [4.69, 9.17) is 4.74 Å². The van der Waals surface area contributed by atoms with Crippen molar-refractivity contribution in [1.29, 1.82) is 0 Å². The van der Waals surface area contributed by atoms with Crippen molar-refractivity contribution in [3.63, 3.8) is 0 Å². The topological polar surface area (TPSA) is 65.6 Å². The van der Waals surface area contributed by atoms with Crippen molar-refractivity contribution in [2.75, 3.05) is 38.2 Å². The number of methoxy groups -OCH3 is 1. The maximum Gasteiger partial charge on any atom is 0.251 e. The molecule has 6 heteroatoms. The van der Waals surface area contributed by atoms with Crippen LogP contribution in [0, 0.1) is 5.92 Å². The number of benzene rings is 2. The molecule has 29 heavy (non-hydrogen) atoms. The molecule has 3 N–H and O–H groups in total. The van der Waals surface area contributed by atoms with E-state index < -0.39 is 0 Å². The van der Waals surface area contributed by atoms with Crippen molar-refractivity contribution >= 4 is 11.6 Å². The van der Waals surface area contributed by atoms with E-state index in [2.05, 4.69) is 45.3 Å². The van der Waals surface area contributed by atoms with Crippen molar-refractivity contribution < 1.29 is 9.53 Å². The second-order valence-electron chi connectivity index (χ2n) is 7.84. The van der Waals surface area contributed by atoms with Gasteiger partial charge in [-0.25, -0.2) is 5.43 Å². The Bertz CT molecular complexity index is 801. The van der Waals surface area contributed by atoms with E-state index in [-0.39, 0.29) is 17.9 Å². The first kappa shape index (κ1) is 19.7. The molecule has 154 valence electrons. The molecule has 2 aliphatic heterocycles. The minimum Gasteiger partial charge on any atom is -0.497 e. The van der Waals surface area contributed by atoms with Gasteiger partial charge in [-0.05, 0) is 61.2 Å². The summed E-state index contributed by atoms with van der Waals surface area (Å²) in [7, 11) is 1.67. The van der Waals surface area contributed by atoms with Crippen LogP contribution in [-0.4, -0.2) is 39.2 Å². The Hall–Kier alpha value is -2.57. The fourth-order valence-electron chi connectivity index (χ4n) is 4.19. The molecule has 0 aliphatic carbocycles. The molecule has 2 unspecified atom stereocenters. The number of ether oxygens (including phenoxy) is 1. The fourth-order valence-corrected chi connectivity index (χ4v) is 4.19. The summed E-state index contributed by atoms with van der Waals surface area (Å²) < 4.78 is 5.24. The second-order valence-corrected chi connectivity index (χ2v) is 7.84. The zero-order valence-electron chi connectivity index (χ0n) is 17.0. The number of carbonyl (C=O) groups is 1. The number of anilines is 1. The zero-order valence-corrected chi connectivity index (χ0v) is 17.0. The fraction of sp³-hybridized carbons (Fsp3) is 0.435. The molecule has 0 aromatic heterocycles. The monoisotopic (exact) mass is 394 g/mol. The van der Waals surface area contributed by atoms with Gasteiger partial charge < -0.3 is 15.0 Å². The maximum atomic E-state index is 12.6. The smallest absolute Gasteiger partial charge is 0.251 e. The number of amides is 1. The summed E-state index contributed by atoms with van der Waals surface area (Å²) in [5.41, 5.74) is 9.65. The lowest BCUT2D eigenvalue weighted by atomic mass is 9.94. The molecule has 6 nitrogen and oxygen atoms in total. The summed E-state index contributed by atoms with van der Waals surface area (Å²) in [6, 6.07) is 16.2. The van der Waals surface area contributed by atoms with Gasteiger partial charge in [-0.2, -0.15) is 0 Å². The SMILES string of the molecule is COc1ccc(C2NNCC2CNC(=O)c2ccc(N3CCCCC3)cc2)cc1. The van der Waals surface area contributed by atoms with Crippen LogP contribution in [0.1, 0.15) is 41.2 Å². The lowest BCUT2D eigenvalue weighted by Gasteiger charge is -2.28. The quantitative estimate of drug-likeness (QED) is 0.703. The standard InChI is InChI=1S/C23H30N4O2/c1-29-21-11-7-17(8-12-21)22-19(16-25-26-22)15-24-23(28)18-5-9-20(10-6-18)27-13-3-2-4-14-27/h5-12,19,22,25-26H,2-4,13-16H2,1H3,(H,24,28). The van der Waals surface area contributed by atoms with E-state index in [1.165, 1.54) is 30.5 Å².